The van der Waals surface area contributed by atoms with Crippen molar-refractivity contribution in [2.24, 2.45) is 5.92 Å². The van der Waals surface area contributed by atoms with Gasteiger partial charge in [0.2, 0.25) is 5.91 Å². The Morgan fingerprint density at radius 2 is 1.83 bits per heavy atom. The first-order valence-electron chi connectivity index (χ1n) is 7.79. The molecule has 1 aliphatic rings. The molecule has 2 unspecified atom stereocenters. The van der Waals surface area contributed by atoms with Crippen LogP contribution in [0.3, 0.4) is 0 Å². The van der Waals surface area contributed by atoms with Gasteiger partial charge in [0, 0.05) is 18.3 Å². The van der Waals surface area contributed by atoms with E-state index in [0.717, 1.165) is 5.56 Å². The maximum atomic E-state index is 12.7. The van der Waals surface area contributed by atoms with E-state index in [1.165, 1.54) is 0 Å². The Balaban J connectivity index is 1.75. The second-order valence-corrected chi connectivity index (χ2v) is 5.58. The number of carbonyl (C=O) groups is 1. The predicted molar refractivity (Wildman–Crippen MR) is 92.0 cm³/mol. The van der Waals surface area contributed by atoms with Crippen LogP contribution in [0.15, 0.2) is 48.5 Å². The van der Waals surface area contributed by atoms with Crippen molar-refractivity contribution in [2.75, 3.05) is 26.1 Å². The number of hydrogen-bond acceptors (Lipinski definition) is 5. The van der Waals surface area contributed by atoms with Crippen LogP contribution >= 0.6 is 0 Å². The topological polar surface area (TPSA) is 71.6 Å². The van der Waals surface area contributed by atoms with Gasteiger partial charge in [-0.05, 0) is 17.7 Å². The quantitative estimate of drug-likeness (QED) is 0.784. The fourth-order valence-corrected chi connectivity index (χ4v) is 2.87. The van der Waals surface area contributed by atoms with E-state index in [2.05, 4.69) is 16.2 Å². The van der Waals surface area contributed by atoms with Gasteiger partial charge in [-0.3, -0.25) is 10.2 Å². The SMILES string of the molecule is COc1ccc(NC(=O)C2CNNC2c2ccccc2)cc1OC. The molecule has 126 valence electrons. The molecule has 1 aliphatic heterocycles. The van der Waals surface area contributed by atoms with Crippen LogP contribution in [0.1, 0.15) is 11.6 Å². The molecule has 0 spiro atoms. The second-order valence-electron chi connectivity index (χ2n) is 5.58. The molecule has 2 aromatic carbocycles. The number of rotatable bonds is 5. The van der Waals surface area contributed by atoms with Crippen LogP contribution in [-0.4, -0.2) is 26.7 Å². The Morgan fingerprint density at radius 1 is 1.08 bits per heavy atom. The fraction of sp³-hybridized carbons (Fsp3) is 0.278. The van der Waals surface area contributed by atoms with E-state index < -0.39 is 0 Å². The van der Waals surface area contributed by atoms with E-state index in [4.69, 9.17) is 9.47 Å². The molecular formula is C18H21N3O3. The van der Waals surface area contributed by atoms with E-state index in [9.17, 15) is 4.79 Å². The largest absolute Gasteiger partial charge is 0.493 e. The standard InChI is InChI=1S/C18H21N3O3/c1-23-15-9-8-13(10-16(15)24-2)20-18(22)14-11-19-21-17(14)12-6-4-3-5-7-12/h3-10,14,17,19,21H,11H2,1-2H3,(H,20,22). The minimum Gasteiger partial charge on any atom is -0.493 e. The van der Waals surface area contributed by atoms with Crippen molar-refractivity contribution < 1.29 is 14.3 Å². The highest BCUT2D eigenvalue weighted by atomic mass is 16.5. The number of hydrazine groups is 1. The first kappa shape index (κ1) is 16.3. The van der Waals surface area contributed by atoms with Gasteiger partial charge in [0.25, 0.3) is 0 Å². The van der Waals surface area contributed by atoms with E-state index >= 15 is 0 Å². The zero-order valence-electron chi connectivity index (χ0n) is 13.7. The van der Waals surface area contributed by atoms with Crippen molar-refractivity contribution in [2.45, 2.75) is 6.04 Å². The summed E-state index contributed by atoms with van der Waals surface area (Å²) in [6, 6.07) is 15.2. The smallest absolute Gasteiger partial charge is 0.230 e. The molecule has 24 heavy (non-hydrogen) atoms. The van der Waals surface area contributed by atoms with Gasteiger partial charge in [0.05, 0.1) is 26.2 Å². The van der Waals surface area contributed by atoms with Crippen LogP contribution in [0.25, 0.3) is 0 Å². The molecule has 0 bridgehead atoms. The summed E-state index contributed by atoms with van der Waals surface area (Å²) in [5.74, 6) is 0.952. The van der Waals surface area contributed by atoms with E-state index in [-0.39, 0.29) is 17.9 Å². The van der Waals surface area contributed by atoms with Crippen LogP contribution in [0.4, 0.5) is 5.69 Å². The number of hydrogen-bond donors (Lipinski definition) is 3. The summed E-state index contributed by atoms with van der Waals surface area (Å²) < 4.78 is 10.5. The summed E-state index contributed by atoms with van der Waals surface area (Å²) in [6.07, 6.45) is 0. The average Bonchev–Trinajstić information content (AvgIpc) is 3.12. The van der Waals surface area contributed by atoms with Gasteiger partial charge in [0.15, 0.2) is 11.5 Å². The lowest BCUT2D eigenvalue weighted by Gasteiger charge is -2.19. The van der Waals surface area contributed by atoms with Crippen molar-refractivity contribution in [1.29, 1.82) is 0 Å². The third-order valence-corrected chi connectivity index (χ3v) is 4.13. The molecule has 3 N–H and O–H groups in total. The van der Waals surface area contributed by atoms with Crippen molar-refractivity contribution in [1.82, 2.24) is 10.9 Å². The number of amides is 1. The third kappa shape index (κ3) is 3.34. The van der Waals surface area contributed by atoms with Crippen molar-refractivity contribution >= 4 is 11.6 Å². The Kier molecular flexibility index (Phi) is 4.98. The Hall–Kier alpha value is -2.57. The number of carbonyl (C=O) groups excluding carboxylic acids is 1. The minimum atomic E-state index is -0.208. The molecule has 2 atom stereocenters. The Labute approximate surface area is 141 Å². The Bertz CT molecular complexity index is 706. The molecule has 1 fully saturated rings. The fourth-order valence-electron chi connectivity index (χ4n) is 2.87. The summed E-state index contributed by atoms with van der Waals surface area (Å²) in [6.45, 7) is 0.568. The monoisotopic (exact) mass is 327 g/mol. The highest BCUT2D eigenvalue weighted by Crippen LogP contribution is 2.31. The van der Waals surface area contributed by atoms with Crippen LogP contribution < -0.4 is 25.6 Å². The first-order chi connectivity index (χ1) is 11.7. The zero-order chi connectivity index (χ0) is 16.9. The van der Waals surface area contributed by atoms with Crippen molar-refractivity contribution in [3.63, 3.8) is 0 Å². The van der Waals surface area contributed by atoms with Gasteiger partial charge in [-0.2, -0.15) is 0 Å². The lowest BCUT2D eigenvalue weighted by atomic mass is 9.94. The van der Waals surface area contributed by atoms with Crippen LogP contribution in [0.2, 0.25) is 0 Å². The number of benzene rings is 2. The normalized spacial score (nSPS) is 19.8. The molecule has 0 radical (unpaired) electrons. The van der Waals surface area contributed by atoms with Crippen LogP contribution in [0, 0.1) is 5.92 Å². The van der Waals surface area contributed by atoms with E-state index in [0.29, 0.717) is 23.7 Å². The van der Waals surface area contributed by atoms with Crippen LogP contribution in [0.5, 0.6) is 11.5 Å². The summed E-state index contributed by atoms with van der Waals surface area (Å²) in [5.41, 5.74) is 8.00. The molecule has 2 aromatic rings. The number of anilines is 1. The van der Waals surface area contributed by atoms with Crippen molar-refractivity contribution in [3.8, 4) is 11.5 Å². The first-order valence-corrected chi connectivity index (χ1v) is 7.79. The molecule has 6 nitrogen and oxygen atoms in total. The lowest BCUT2D eigenvalue weighted by Crippen LogP contribution is -2.29. The molecule has 0 aromatic heterocycles. The molecule has 6 heteroatoms. The summed E-state index contributed by atoms with van der Waals surface area (Å²) in [7, 11) is 3.15. The molecule has 0 saturated carbocycles. The number of nitrogens with one attached hydrogen (secondary N) is 3. The summed E-state index contributed by atoms with van der Waals surface area (Å²) in [5, 5.41) is 2.96. The van der Waals surface area contributed by atoms with Gasteiger partial charge in [-0.15, -0.1) is 0 Å². The molecule has 0 aliphatic carbocycles. The average molecular weight is 327 g/mol. The third-order valence-electron chi connectivity index (χ3n) is 4.13. The molecular weight excluding hydrogens is 306 g/mol. The van der Waals surface area contributed by atoms with Crippen molar-refractivity contribution in [3.05, 3.63) is 54.1 Å². The van der Waals surface area contributed by atoms with Gasteiger partial charge >= 0.3 is 0 Å². The van der Waals surface area contributed by atoms with Gasteiger partial charge in [0.1, 0.15) is 0 Å². The van der Waals surface area contributed by atoms with E-state index in [1.807, 2.05) is 30.3 Å². The summed E-state index contributed by atoms with van der Waals surface area (Å²) in [4.78, 5) is 12.7. The van der Waals surface area contributed by atoms with Crippen LogP contribution in [-0.2, 0) is 4.79 Å². The van der Waals surface area contributed by atoms with Gasteiger partial charge in [-0.1, -0.05) is 30.3 Å². The summed E-state index contributed by atoms with van der Waals surface area (Å²) >= 11 is 0. The Morgan fingerprint density at radius 3 is 2.54 bits per heavy atom. The number of ether oxygens (including phenoxy) is 2. The molecule has 3 rings (SSSR count). The van der Waals surface area contributed by atoms with E-state index in [1.54, 1.807) is 32.4 Å². The second kappa shape index (κ2) is 7.33. The molecule has 1 saturated heterocycles. The lowest BCUT2D eigenvalue weighted by molar-refractivity contribution is -0.119. The highest BCUT2D eigenvalue weighted by molar-refractivity contribution is 5.93. The minimum absolute atomic E-state index is 0.0476. The van der Waals surface area contributed by atoms with Gasteiger partial charge < -0.3 is 14.8 Å². The van der Waals surface area contributed by atoms with Gasteiger partial charge in [-0.25, -0.2) is 5.43 Å². The maximum absolute atomic E-state index is 12.7. The molecule has 1 heterocycles. The highest BCUT2D eigenvalue weighted by Gasteiger charge is 2.33. The predicted octanol–water partition coefficient (Wildman–Crippen LogP) is 2.11. The maximum Gasteiger partial charge on any atom is 0.230 e. The zero-order valence-corrected chi connectivity index (χ0v) is 13.7. The molecule has 1 amide bonds. The number of methoxy groups -OCH3 is 2.